The first-order valence-electron chi connectivity index (χ1n) is 8.44. The van der Waals surface area contributed by atoms with Crippen LogP contribution in [-0.2, 0) is 4.79 Å². The van der Waals surface area contributed by atoms with Crippen LogP contribution in [0.5, 0.6) is 5.75 Å². The monoisotopic (exact) mass is 333 g/mol. The van der Waals surface area contributed by atoms with Crippen molar-refractivity contribution in [1.82, 2.24) is 10.2 Å². The van der Waals surface area contributed by atoms with E-state index >= 15 is 0 Å². The van der Waals surface area contributed by atoms with Gasteiger partial charge in [-0.3, -0.25) is 14.9 Å². The molecule has 0 unspecified atom stereocenters. The van der Waals surface area contributed by atoms with Gasteiger partial charge in [0.1, 0.15) is 0 Å². The normalized spacial score (nSPS) is 19.0. The van der Waals surface area contributed by atoms with Crippen LogP contribution in [-0.4, -0.2) is 47.5 Å². The second kappa shape index (κ2) is 7.17. The Kier molecular flexibility index (Phi) is 4.99. The number of hydrogen-bond acceptors (Lipinski definition) is 5. The minimum Gasteiger partial charge on any atom is -0.477 e. The van der Waals surface area contributed by atoms with E-state index in [1.54, 1.807) is 13.0 Å². The Morgan fingerprint density at radius 1 is 1.33 bits per heavy atom. The maximum absolute atomic E-state index is 12.0. The third-order valence-corrected chi connectivity index (χ3v) is 4.63. The summed E-state index contributed by atoms with van der Waals surface area (Å²) >= 11 is 0. The van der Waals surface area contributed by atoms with E-state index in [-0.39, 0.29) is 30.0 Å². The zero-order chi connectivity index (χ0) is 17.1. The molecule has 1 heterocycles. The fourth-order valence-electron chi connectivity index (χ4n) is 3.15. The van der Waals surface area contributed by atoms with E-state index in [1.165, 1.54) is 25.0 Å². The fraction of sp³-hybridized carbons (Fsp3) is 0.588. The summed E-state index contributed by atoms with van der Waals surface area (Å²) in [5.41, 5.74) is 0.668. The standard InChI is InChI=1S/C17H23N3O4/c1-12-2-5-16(15(10-12)20(22)23)24-11-17(21)18-13-6-8-19(9-7-13)14-3-4-14/h2,5,10,13-14H,3-4,6-9,11H2,1H3,(H,18,21). The van der Waals surface area contributed by atoms with Gasteiger partial charge in [-0.25, -0.2) is 0 Å². The number of nitrogens with one attached hydrogen (secondary N) is 1. The van der Waals surface area contributed by atoms with Gasteiger partial charge < -0.3 is 15.0 Å². The lowest BCUT2D eigenvalue weighted by molar-refractivity contribution is -0.385. The third-order valence-electron chi connectivity index (χ3n) is 4.63. The molecule has 2 fully saturated rings. The third kappa shape index (κ3) is 4.23. The maximum atomic E-state index is 12.0. The van der Waals surface area contributed by atoms with Crippen LogP contribution in [0.15, 0.2) is 18.2 Å². The molecule has 2 aliphatic rings. The maximum Gasteiger partial charge on any atom is 0.311 e. The molecular weight excluding hydrogens is 310 g/mol. The zero-order valence-electron chi connectivity index (χ0n) is 13.9. The molecule has 1 amide bonds. The van der Waals surface area contributed by atoms with E-state index in [1.807, 2.05) is 0 Å². The van der Waals surface area contributed by atoms with Crippen molar-refractivity contribution in [3.8, 4) is 5.75 Å². The number of hydrogen-bond donors (Lipinski definition) is 1. The Bertz CT molecular complexity index is 622. The molecule has 130 valence electrons. The Morgan fingerprint density at radius 2 is 2.04 bits per heavy atom. The summed E-state index contributed by atoms with van der Waals surface area (Å²) < 4.78 is 5.36. The highest BCUT2D eigenvalue weighted by atomic mass is 16.6. The van der Waals surface area contributed by atoms with E-state index in [4.69, 9.17) is 4.74 Å². The number of carbonyl (C=O) groups excluding carboxylic acids is 1. The summed E-state index contributed by atoms with van der Waals surface area (Å²) in [4.78, 5) is 25.1. The lowest BCUT2D eigenvalue weighted by Gasteiger charge is -2.32. The van der Waals surface area contributed by atoms with E-state index in [9.17, 15) is 14.9 Å². The highest BCUT2D eigenvalue weighted by molar-refractivity contribution is 5.78. The van der Waals surface area contributed by atoms with Crippen molar-refractivity contribution in [1.29, 1.82) is 0 Å². The van der Waals surface area contributed by atoms with Crippen molar-refractivity contribution >= 4 is 11.6 Å². The Hall–Kier alpha value is -2.15. The van der Waals surface area contributed by atoms with Crippen LogP contribution in [0, 0.1) is 17.0 Å². The lowest BCUT2D eigenvalue weighted by Crippen LogP contribution is -2.46. The summed E-state index contributed by atoms with van der Waals surface area (Å²) in [5, 5.41) is 14.0. The first-order valence-corrected chi connectivity index (χ1v) is 8.44. The van der Waals surface area contributed by atoms with Gasteiger partial charge in [-0.05, 0) is 44.2 Å². The van der Waals surface area contributed by atoms with Crippen molar-refractivity contribution in [2.75, 3.05) is 19.7 Å². The van der Waals surface area contributed by atoms with Crippen LogP contribution in [0.4, 0.5) is 5.69 Å². The van der Waals surface area contributed by atoms with Gasteiger partial charge in [-0.1, -0.05) is 6.07 Å². The van der Waals surface area contributed by atoms with Gasteiger partial charge in [0.15, 0.2) is 12.4 Å². The van der Waals surface area contributed by atoms with Crippen LogP contribution in [0.1, 0.15) is 31.2 Å². The molecule has 1 N–H and O–H groups in total. The number of carbonyl (C=O) groups is 1. The van der Waals surface area contributed by atoms with Gasteiger partial charge in [0.05, 0.1) is 4.92 Å². The molecule has 0 spiro atoms. The van der Waals surface area contributed by atoms with E-state index in [0.717, 1.165) is 37.5 Å². The number of nitro groups is 1. The van der Waals surface area contributed by atoms with Crippen molar-refractivity contribution < 1.29 is 14.5 Å². The molecule has 0 aromatic heterocycles. The van der Waals surface area contributed by atoms with Crippen LogP contribution < -0.4 is 10.1 Å². The SMILES string of the molecule is Cc1ccc(OCC(=O)NC2CCN(C3CC3)CC2)c([N+](=O)[O-])c1. The Labute approximate surface area is 141 Å². The highest BCUT2D eigenvalue weighted by Crippen LogP contribution is 2.29. The van der Waals surface area contributed by atoms with E-state index in [0.29, 0.717) is 0 Å². The molecule has 1 saturated carbocycles. The molecule has 1 aliphatic carbocycles. The summed E-state index contributed by atoms with van der Waals surface area (Å²) in [6.07, 6.45) is 4.51. The molecule has 1 aromatic carbocycles. The number of amides is 1. The first kappa shape index (κ1) is 16.7. The van der Waals surface area contributed by atoms with Gasteiger partial charge >= 0.3 is 5.69 Å². The summed E-state index contributed by atoms with van der Waals surface area (Å²) in [6, 6.07) is 5.65. The minimum absolute atomic E-state index is 0.111. The second-order valence-electron chi connectivity index (χ2n) is 6.63. The average molecular weight is 333 g/mol. The Morgan fingerprint density at radius 3 is 2.67 bits per heavy atom. The molecule has 1 aromatic rings. The van der Waals surface area contributed by atoms with Gasteiger partial charge in [-0.15, -0.1) is 0 Å². The number of rotatable bonds is 6. The predicted molar refractivity (Wildman–Crippen MR) is 89.1 cm³/mol. The fourth-order valence-corrected chi connectivity index (χ4v) is 3.15. The smallest absolute Gasteiger partial charge is 0.311 e. The summed E-state index contributed by atoms with van der Waals surface area (Å²) in [5.74, 6) is -0.0981. The highest BCUT2D eigenvalue weighted by Gasteiger charge is 2.32. The van der Waals surface area contributed by atoms with Gasteiger partial charge in [-0.2, -0.15) is 0 Å². The zero-order valence-corrected chi connectivity index (χ0v) is 13.9. The molecular formula is C17H23N3O4. The number of benzene rings is 1. The number of likely N-dealkylation sites (tertiary alicyclic amines) is 1. The topological polar surface area (TPSA) is 84.7 Å². The van der Waals surface area contributed by atoms with Crippen LogP contribution in [0.2, 0.25) is 0 Å². The quantitative estimate of drug-likeness (QED) is 0.636. The minimum atomic E-state index is -0.492. The summed E-state index contributed by atoms with van der Waals surface area (Å²) in [7, 11) is 0. The number of piperidine rings is 1. The second-order valence-corrected chi connectivity index (χ2v) is 6.63. The number of ether oxygens (including phenoxy) is 1. The van der Waals surface area contributed by atoms with Crippen molar-refractivity contribution in [2.45, 2.75) is 44.7 Å². The van der Waals surface area contributed by atoms with Gasteiger partial charge in [0.25, 0.3) is 5.91 Å². The molecule has 1 aliphatic heterocycles. The van der Waals surface area contributed by atoms with Gasteiger partial charge in [0, 0.05) is 31.2 Å². The van der Waals surface area contributed by atoms with E-state index in [2.05, 4.69) is 10.2 Å². The van der Waals surface area contributed by atoms with Crippen LogP contribution in [0.25, 0.3) is 0 Å². The largest absolute Gasteiger partial charge is 0.477 e. The predicted octanol–water partition coefficient (Wildman–Crippen LogP) is 2.03. The van der Waals surface area contributed by atoms with Gasteiger partial charge in [0.2, 0.25) is 0 Å². The molecule has 0 radical (unpaired) electrons. The Balaban J connectivity index is 1.46. The average Bonchev–Trinajstić information content (AvgIpc) is 3.39. The molecule has 24 heavy (non-hydrogen) atoms. The van der Waals surface area contributed by atoms with Crippen molar-refractivity contribution in [3.63, 3.8) is 0 Å². The molecule has 0 atom stereocenters. The molecule has 0 bridgehead atoms. The lowest BCUT2D eigenvalue weighted by atomic mass is 10.0. The van der Waals surface area contributed by atoms with Crippen LogP contribution >= 0.6 is 0 Å². The molecule has 3 rings (SSSR count). The summed E-state index contributed by atoms with van der Waals surface area (Å²) in [6.45, 7) is 3.63. The van der Waals surface area contributed by atoms with Crippen molar-refractivity contribution in [2.24, 2.45) is 0 Å². The molecule has 7 heteroatoms. The molecule has 1 saturated heterocycles. The number of nitro benzene ring substituents is 1. The van der Waals surface area contributed by atoms with E-state index < -0.39 is 4.92 Å². The van der Waals surface area contributed by atoms with Crippen LogP contribution in [0.3, 0.4) is 0 Å². The van der Waals surface area contributed by atoms with Crippen molar-refractivity contribution in [3.05, 3.63) is 33.9 Å². The number of nitrogens with zero attached hydrogens (tertiary/aromatic N) is 2. The number of aryl methyl sites for hydroxylation is 1. The first-order chi connectivity index (χ1) is 11.5. The molecule has 7 nitrogen and oxygen atoms in total.